The molecule has 1 aromatic carbocycles. The molecule has 0 saturated carbocycles. The van der Waals surface area contributed by atoms with Gasteiger partial charge >= 0.3 is 0 Å². The molecule has 0 bridgehead atoms. The molecule has 0 aliphatic carbocycles. The predicted octanol–water partition coefficient (Wildman–Crippen LogP) is 1.96. The Morgan fingerprint density at radius 3 is 2.47 bits per heavy atom. The van der Waals surface area contributed by atoms with Crippen molar-refractivity contribution in [3.63, 3.8) is 0 Å². The lowest BCUT2D eigenvalue weighted by Crippen LogP contribution is -2.25. The Hall–Kier alpha value is -1.10. The van der Waals surface area contributed by atoms with Gasteiger partial charge in [0.15, 0.2) is 6.29 Å². The van der Waals surface area contributed by atoms with E-state index in [1.54, 1.807) is 6.07 Å². The zero-order valence-corrected chi connectivity index (χ0v) is 10.4. The van der Waals surface area contributed by atoms with Crippen molar-refractivity contribution in [1.29, 1.82) is 0 Å². The van der Waals surface area contributed by atoms with Gasteiger partial charge in [0.2, 0.25) is 0 Å². The van der Waals surface area contributed by atoms with E-state index < -0.39 is 0 Å². The molecule has 17 heavy (non-hydrogen) atoms. The summed E-state index contributed by atoms with van der Waals surface area (Å²) in [6.45, 7) is 5.36. The second-order valence-electron chi connectivity index (χ2n) is 3.46. The Morgan fingerprint density at radius 1 is 1.18 bits per heavy atom. The summed E-state index contributed by atoms with van der Waals surface area (Å²) in [6, 6.07) is 7.33. The zero-order chi connectivity index (χ0) is 12.5. The second kappa shape index (κ2) is 8.06. The number of hydrogen-bond donors (Lipinski definition) is 1. The molecule has 0 spiro atoms. The van der Waals surface area contributed by atoms with Gasteiger partial charge in [-0.25, -0.2) is 0 Å². The van der Waals surface area contributed by atoms with Crippen LogP contribution in [0.3, 0.4) is 0 Å². The summed E-state index contributed by atoms with van der Waals surface area (Å²) in [5.41, 5.74) is 0.826. The number of benzene rings is 1. The molecule has 4 heteroatoms. The smallest absolute Gasteiger partial charge is 0.191 e. The molecule has 0 unspecified atom stereocenters. The highest BCUT2D eigenvalue weighted by atomic mass is 16.7. The van der Waals surface area contributed by atoms with Crippen molar-refractivity contribution >= 4 is 0 Å². The predicted molar refractivity (Wildman–Crippen MR) is 64.9 cm³/mol. The first kappa shape index (κ1) is 14.0. The van der Waals surface area contributed by atoms with E-state index in [2.05, 4.69) is 0 Å². The molecule has 4 nitrogen and oxygen atoms in total. The van der Waals surface area contributed by atoms with E-state index in [-0.39, 0.29) is 12.9 Å². The molecule has 0 aromatic heterocycles. The second-order valence-corrected chi connectivity index (χ2v) is 3.46. The van der Waals surface area contributed by atoms with Crippen LogP contribution in [0.1, 0.15) is 19.4 Å². The number of rotatable bonds is 8. The van der Waals surface area contributed by atoms with Crippen LogP contribution in [-0.4, -0.2) is 31.2 Å². The minimum absolute atomic E-state index is 0.0115. The lowest BCUT2D eigenvalue weighted by Gasteiger charge is -2.17. The quantitative estimate of drug-likeness (QED) is 0.706. The van der Waals surface area contributed by atoms with E-state index in [0.29, 0.717) is 25.6 Å². The van der Waals surface area contributed by atoms with Crippen molar-refractivity contribution in [3.8, 4) is 5.75 Å². The van der Waals surface area contributed by atoms with Crippen molar-refractivity contribution < 1.29 is 19.3 Å². The van der Waals surface area contributed by atoms with Gasteiger partial charge in [0.1, 0.15) is 12.4 Å². The van der Waals surface area contributed by atoms with Crippen molar-refractivity contribution in [3.05, 3.63) is 29.8 Å². The standard InChI is InChI=1S/C13H20O4/c1-3-15-13(16-4-2)10-17-12-7-5-6-11(8-12)9-14/h5-8,13-14H,3-4,9-10H2,1-2H3. The first-order valence-corrected chi connectivity index (χ1v) is 5.86. The van der Waals surface area contributed by atoms with E-state index >= 15 is 0 Å². The zero-order valence-electron chi connectivity index (χ0n) is 10.4. The van der Waals surface area contributed by atoms with Crippen molar-refractivity contribution in [2.75, 3.05) is 19.8 Å². The van der Waals surface area contributed by atoms with Crippen LogP contribution in [0.25, 0.3) is 0 Å². The highest BCUT2D eigenvalue weighted by molar-refractivity contribution is 5.27. The Morgan fingerprint density at radius 2 is 1.88 bits per heavy atom. The minimum Gasteiger partial charge on any atom is -0.488 e. The Balaban J connectivity index is 2.46. The summed E-state index contributed by atoms with van der Waals surface area (Å²) in [5.74, 6) is 0.709. The molecular formula is C13H20O4. The lowest BCUT2D eigenvalue weighted by atomic mass is 10.2. The molecule has 0 fully saturated rings. The topological polar surface area (TPSA) is 47.9 Å². The first-order valence-electron chi connectivity index (χ1n) is 5.86. The van der Waals surface area contributed by atoms with E-state index in [1.165, 1.54) is 0 Å². The number of aliphatic hydroxyl groups excluding tert-OH is 1. The Kier molecular flexibility index (Phi) is 6.62. The minimum atomic E-state index is -0.345. The maximum atomic E-state index is 9.00. The van der Waals surface area contributed by atoms with Gasteiger partial charge in [-0.15, -0.1) is 0 Å². The molecule has 0 saturated heterocycles. The first-order chi connectivity index (χ1) is 8.30. The molecule has 1 N–H and O–H groups in total. The summed E-state index contributed by atoms with van der Waals surface area (Å²) < 4.78 is 16.3. The SMILES string of the molecule is CCOC(COc1cccc(CO)c1)OCC. The highest BCUT2D eigenvalue weighted by Crippen LogP contribution is 2.14. The van der Waals surface area contributed by atoms with E-state index in [9.17, 15) is 0 Å². The average Bonchev–Trinajstić information content (AvgIpc) is 2.37. The van der Waals surface area contributed by atoms with Crippen LogP contribution in [0.15, 0.2) is 24.3 Å². The molecular weight excluding hydrogens is 220 g/mol. The van der Waals surface area contributed by atoms with Gasteiger partial charge in [0, 0.05) is 13.2 Å². The summed E-state index contributed by atoms with van der Waals surface area (Å²) in [4.78, 5) is 0. The Bertz CT molecular complexity index is 308. The van der Waals surface area contributed by atoms with Crippen LogP contribution in [0.5, 0.6) is 5.75 Å². The van der Waals surface area contributed by atoms with Crippen LogP contribution >= 0.6 is 0 Å². The van der Waals surface area contributed by atoms with Crippen LogP contribution in [0, 0.1) is 0 Å². The third kappa shape index (κ3) is 5.17. The van der Waals surface area contributed by atoms with Crippen molar-refractivity contribution in [2.24, 2.45) is 0 Å². The van der Waals surface area contributed by atoms with Gasteiger partial charge in [0.25, 0.3) is 0 Å². The summed E-state index contributed by atoms with van der Waals surface area (Å²) in [6.07, 6.45) is -0.345. The maximum Gasteiger partial charge on any atom is 0.191 e. The number of hydrogen-bond acceptors (Lipinski definition) is 4. The van der Waals surface area contributed by atoms with Crippen LogP contribution in [0.4, 0.5) is 0 Å². The normalized spacial score (nSPS) is 10.8. The number of ether oxygens (including phenoxy) is 3. The summed E-state index contributed by atoms with van der Waals surface area (Å²) >= 11 is 0. The lowest BCUT2D eigenvalue weighted by molar-refractivity contribution is -0.152. The van der Waals surface area contributed by atoms with Crippen LogP contribution < -0.4 is 4.74 Å². The molecule has 1 rings (SSSR count). The van der Waals surface area contributed by atoms with Gasteiger partial charge in [-0.3, -0.25) is 0 Å². The molecule has 0 amide bonds. The Labute approximate surface area is 102 Å². The largest absolute Gasteiger partial charge is 0.488 e. The molecule has 0 aliphatic heterocycles. The molecule has 96 valence electrons. The fourth-order valence-corrected chi connectivity index (χ4v) is 1.41. The van der Waals surface area contributed by atoms with Gasteiger partial charge in [-0.2, -0.15) is 0 Å². The van der Waals surface area contributed by atoms with Crippen LogP contribution in [-0.2, 0) is 16.1 Å². The molecule has 0 radical (unpaired) electrons. The highest BCUT2D eigenvalue weighted by Gasteiger charge is 2.08. The van der Waals surface area contributed by atoms with E-state index in [4.69, 9.17) is 19.3 Å². The number of aliphatic hydroxyl groups is 1. The van der Waals surface area contributed by atoms with Gasteiger partial charge in [-0.1, -0.05) is 12.1 Å². The molecule has 0 atom stereocenters. The van der Waals surface area contributed by atoms with Crippen molar-refractivity contribution in [2.45, 2.75) is 26.7 Å². The van der Waals surface area contributed by atoms with Gasteiger partial charge < -0.3 is 19.3 Å². The molecule has 1 aromatic rings. The fraction of sp³-hybridized carbons (Fsp3) is 0.538. The van der Waals surface area contributed by atoms with Crippen molar-refractivity contribution in [1.82, 2.24) is 0 Å². The fourth-order valence-electron chi connectivity index (χ4n) is 1.41. The molecule has 0 aliphatic rings. The molecule has 0 heterocycles. The van der Waals surface area contributed by atoms with Gasteiger partial charge in [0.05, 0.1) is 6.61 Å². The third-order valence-electron chi connectivity index (χ3n) is 2.17. The van der Waals surface area contributed by atoms with E-state index in [1.807, 2.05) is 32.0 Å². The monoisotopic (exact) mass is 240 g/mol. The third-order valence-corrected chi connectivity index (χ3v) is 2.17. The maximum absolute atomic E-state index is 9.00. The summed E-state index contributed by atoms with van der Waals surface area (Å²) in [5, 5.41) is 9.00. The van der Waals surface area contributed by atoms with Crippen LogP contribution in [0.2, 0.25) is 0 Å². The average molecular weight is 240 g/mol. The summed E-state index contributed by atoms with van der Waals surface area (Å²) in [7, 11) is 0. The van der Waals surface area contributed by atoms with Gasteiger partial charge in [-0.05, 0) is 31.5 Å². The van der Waals surface area contributed by atoms with E-state index in [0.717, 1.165) is 5.56 Å².